The molecule has 0 fully saturated rings. The Morgan fingerprint density at radius 3 is 2.18 bits per heavy atom. The Balaban J connectivity index is 1.46. The van der Waals surface area contributed by atoms with E-state index in [4.69, 9.17) is 4.98 Å². The fourth-order valence-corrected chi connectivity index (χ4v) is 6.38. The van der Waals surface area contributed by atoms with E-state index < -0.39 is 0 Å². The van der Waals surface area contributed by atoms with Crippen LogP contribution >= 0.6 is 0 Å². The first-order valence-electron chi connectivity index (χ1n) is 13.2. The Morgan fingerprint density at radius 1 is 0.487 bits per heavy atom. The summed E-state index contributed by atoms with van der Waals surface area (Å²) < 4.78 is 6.98. The number of hydrogen-bond donors (Lipinski definition) is 0. The molecule has 0 saturated carbocycles. The SMILES string of the molecule is c1ccc(-n2c3ccccc3c3cc(-n4c5c6ccccc6ccc5c5nc6ccccn6c54)ccc32)cc1. The lowest BCUT2D eigenvalue weighted by Crippen LogP contribution is -1.98. The molecule has 0 unspecified atom stereocenters. The van der Waals surface area contributed by atoms with Crippen LogP contribution in [0.3, 0.4) is 0 Å². The number of nitrogens with zero attached hydrogens (tertiary/aromatic N) is 4. The van der Waals surface area contributed by atoms with Gasteiger partial charge < -0.3 is 4.57 Å². The summed E-state index contributed by atoms with van der Waals surface area (Å²) in [7, 11) is 0. The van der Waals surface area contributed by atoms with E-state index in [1.165, 1.54) is 43.5 Å². The number of aromatic nitrogens is 4. The third-order valence-corrected chi connectivity index (χ3v) is 8.02. The lowest BCUT2D eigenvalue weighted by molar-refractivity contribution is 1.10. The monoisotopic (exact) mass is 498 g/mol. The molecule has 4 heterocycles. The fraction of sp³-hybridized carbons (Fsp3) is 0. The summed E-state index contributed by atoms with van der Waals surface area (Å²) in [4.78, 5) is 5.09. The molecule has 4 nitrogen and oxygen atoms in total. The van der Waals surface area contributed by atoms with Crippen molar-refractivity contribution in [3.05, 3.63) is 134 Å². The van der Waals surface area contributed by atoms with Gasteiger partial charge in [0.05, 0.1) is 16.6 Å². The summed E-state index contributed by atoms with van der Waals surface area (Å²) >= 11 is 0. The van der Waals surface area contributed by atoms with Gasteiger partial charge in [0.2, 0.25) is 0 Å². The first kappa shape index (κ1) is 20.7. The quantitative estimate of drug-likeness (QED) is 0.234. The van der Waals surface area contributed by atoms with E-state index in [9.17, 15) is 0 Å². The van der Waals surface area contributed by atoms with Crippen LogP contribution in [0.4, 0.5) is 0 Å². The Labute approximate surface area is 223 Å². The Morgan fingerprint density at radius 2 is 1.26 bits per heavy atom. The molecule has 182 valence electrons. The second-order valence-electron chi connectivity index (χ2n) is 10.1. The van der Waals surface area contributed by atoms with Crippen molar-refractivity contribution in [2.75, 3.05) is 0 Å². The first-order chi connectivity index (χ1) is 19.4. The molecule has 0 radical (unpaired) electrons. The van der Waals surface area contributed by atoms with Crippen LogP contribution in [-0.2, 0) is 0 Å². The van der Waals surface area contributed by atoms with Gasteiger partial charge in [-0.1, -0.05) is 72.8 Å². The molecular weight excluding hydrogens is 476 g/mol. The van der Waals surface area contributed by atoms with Gasteiger partial charge in [-0.3, -0.25) is 8.97 Å². The molecule has 0 saturated heterocycles. The molecule has 0 atom stereocenters. The van der Waals surface area contributed by atoms with Crippen molar-refractivity contribution in [1.29, 1.82) is 0 Å². The van der Waals surface area contributed by atoms with E-state index in [1.54, 1.807) is 0 Å². The van der Waals surface area contributed by atoms with Gasteiger partial charge in [-0.05, 0) is 60.0 Å². The number of para-hydroxylation sites is 2. The Kier molecular flexibility index (Phi) is 4.02. The highest BCUT2D eigenvalue weighted by Crippen LogP contribution is 2.39. The lowest BCUT2D eigenvalue weighted by atomic mass is 10.1. The second-order valence-corrected chi connectivity index (χ2v) is 10.1. The fourth-order valence-electron chi connectivity index (χ4n) is 6.38. The molecule has 0 bridgehead atoms. The molecule has 0 amide bonds. The summed E-state index contributed by atoms with van der Waals surface area (Å²) in [5.41, 5.74) is 8.94. The van der Waals surface area contributed by atoms with E-state index in [0.29, 0.717) is 0 Å². The summed E-state index contributed by atoms with van der Waals surface area (Å²) in [6, 6.07) is 45.4. The van der Waals surface area contributed by atoms with Crippen molar-refractivity contribution in [2.45, 2.75) is 0 Å². The highest BCUT2D eigenvalue weighted by Gasteiger charge is 2.21. The zero-order valence-corrected chi connectivity index (χ0v) is 21.0. The minimum absolute atomic E-state index is 0.952. The first-order valence-corrected chi connectivity index (χ1v) is 13.2. The van der Waals surface area contributed by atoms with Crippen LogP contribution in [0.15, 0.2) is 134 Å². The summed E-state index contributed by atoms with van der Waals surface area (Å²) in [6.45, 7) is 0. The van der Waals surface area contributed by atoms with Gasteiger partial charge in [0.25, 0.3) is 0 Å². The van der Waals surface area contributed by atoms with Crippen molar-refractivity contribution in [2.24, 2.45) is 0 Å². The molecular formula is C35H22N4. The highest BCUT2D eigenvalue weighted by atomic mass is 15.1. The van der Waals surface area contributed by atoms with Crippen LogP contribution in [-0.4, -0.2) is 18.5 Å². The van der Waals surface area contributed by atoms with Gasteiger partial charge in [-0.25, -0.2) is 4.98 Å². The smallest absolute Gasteiger partial charge is 0.150 e. The second kappa shape index (κ2) is 7.59. The van der Waals surface area contributed by atoms with Gasteiger partial charge in [0, 0.05) is 39.1 Å². The predicted molar refractivity (Wildman–Crippen MR) is 161 cm³/mol. The van der Waals surface area contributed by atoms with Crippen molar-refractivity contribution in [3.8, 4) is 11.4 Å². The van der Waals surface area contributed by atoms with E-state index >= 15 is 0 Å². The Bertz CT molecular complexity index is 2380. The number of pyridine rings is 1. The molecule has 4 aromatic heterocycles. The third kappa shape index (κ3) is 2.75. The number of fused-ring (bicyclic) bond motifs is 10. The summed E-state index contributed by atoms with van der Waals surface area (Å²) in [5, 5.41) is 6.09. The molecule has 0 aliphatic rings. The highest BCUT2D eigenvalue weighted by molar-refractivity contribution is 6.18. The molecule has 0 spiro atoms. The van der Waals surface area contributed by atoms with Gasteiger partial charge in [-0.15, -0.1) is 0 Å². The standard InChI is InChI=1S/C35H22N4/c1-2-11-24(12-3-1)38-30-15-7-6-14-27(30)29-22-25(18-20-31(29)38)39-34-26-13-5-4-10-23(26)17-19-28(34)33-35(39)37-21-9-8-16-32(37)36-33/h1-22H. The van der Waals surface area contributed by atoms with E-state index in [2.05, 4.69) is 141 Å². The van der Waals surface area contributed by atoms with Crippen LogP contribution in [0, 0.1) is 0 Å². The molecule has 0 N–H and O–H groups in total. The van der Waals surface area contributed by atoms with Gasteiger partial charge in [0.1, 0.15) is 11.2 Å². The molecule has 9 rings (SSSR count). The summed E-state index contributed by atoms with van der Waals surface area (Å²) in [6.07, 6.45) is 2.11. The minimum Gasteiger partial charge on any atom is -0.309 e. The number of rotatable bonds is 2. The molecule has 39 heavy (non-hydrogen) atoms. The Hall–Kier alpha value is -5.35. The summed E-state index contributed by atoms with van der Waals surface area (Å²) in [5.74, 6) is 0. The predicted octanol–water partition coefficient (Wildman–Crippen LogP) is 8.68. The zero-order valence-electron chi connectivity index (χ0n) is 21.0. The van der Waals surface area contributed by atoms with E-state index in [0.717, 1.165) is 28.2 Å². The number of benzene rings is 5. The average molecular weight is 499 g/mol. The van der Waals surface area contributed by atoms with Crippen LogP contribution in [0.25, 0.3) is 71.7 Å². The maximum Gasteiger partial charge on any atom is 0.150 e. The maximum absolute atomic E-state index is 5.09. The van der Waals surface area contributed by atoms with Crippen LogP contribution in [0.5, 0.6) is 0 Å². The third-order valence-electron chi connectivity index (χ3n) is 8.02. The number of hydrogen-bond acceptors (Lipinski definition) is 1. The van der Waals surface area contributed by atoms with Crippen LogP contribution in [0.1, 0.15) is 0 Å². The van der Waals surface area contributed by atoms with Gasteiger partial charge in [0.15, 0.2) is 5.65 Å². The van der Waals surface area contributed by atoms with E-state index in [1.807, 2.05) is 6.07 Å². The average Bonchev–Trinajstić information content (AvgIpc) is 3.64. The largest absolute Gasteiger partial charge is 0.309 e. The van der Waals surface area contributed by atoms with Crippen LogP contribution < -0.4 is 0 Å². The maximum atomic E-state index is 5.09. The van der Waals surface area contributed by atoms with Crippen LogP contribution in [0.2, 0.25) is 0 Å². The number of imidazole rings is 1. The topological polar surface area (TPSA) is 27.2 Å². The molecule has 9 aromatic rings. The zero-order chi connectivity index (χ0) is 25.5. The van der Waals surface area contributed by atoms with Gasteiger partial charge >= 0.3 is 0 Å². The van der Waals surface area contributed by atoms with Crippen molar-refractivity contribution < 1.29 is 0 Å². The lowest BCUT2D eigenvalue weighted by Gasteiger charge is -2.12. The molecule has 0 aliphatic heterocycles. The normalized spacial score (nSPS) is 12.1. The molecule has 4 heteroatoms. The molecule has 0 aliphatic carbocycles. The van der Waals surface area contributed by atoms with Gasteiger partial charge in [-0.2, -0.15) is 0 Å². The van der Waals surface area contributed by atoms with E-state index in [-0.39, 0.29) is 0 Å². The minimum atomic E-state index is 0.952. The van der Waals surface area contributed by atoms with Crippen molar-refractivity contribution >= 4 is 60.3 Å². The molecule has 5 aromatic carbocycles. The van der Waals surface area contributed by atoms with Crippen molar-refractivity contribution in [3.63, 3.8) is 0 Å². The van der Waals surface area contributed by atoms with Crippen molar-refractivity contribution in [1.82, 2.24) is 18.5 Å².